The van der Waals surface area contributed by atoms with E-state index in [4.69, 9.17) is 4.74 Å². The number of esters is 1. The van der Waals surface area contributed by atoms with Crippen molar-refractivity contribution >= 4 is 11.7 Å². The van der Waals surface area contributed by atoms with Crippen molar-refractivity contribution in [2.75, 3.05) is 18.5 Å². The van der Waals surface area contributed by atoms with Crippen LogP contribution in [0.3, 0.4) is 0 Å². The summed E-state index contributed by atoms with van der Waals surface area (Å²) >= 11 is 0. The van der Waals surface area contributed by atoms with E-state index in [0.717, 1.165) is 31.5 Å². The van der Waals surface area contributed by atoms with Crippen LogP contribution in [0, 0.1) is 0 Å². The Bertz CT molecular complexity index is 311. The second-order valence-electron chi connectivity index (χ2n) is 3.91. The summed E-state index contributed by atoms with van der Waals surface area (Å²) in [7, 11) is 0. The van der Waals surface area contributed by atoms with Crippen LogP contribution in [0.5, 0.6) is 0 Å². The monoisotopic (exact) mass is 235 g/mol. The van der Waals surface area contributed by atoms with Gasteiger partial charge in [0.2, 0.25) is 0 Å². The number of nitrogens with one attached hydrogen (secondary N) is 1. The molecule has 3 heteroatoms. The molecule has 0 radical (unpaired) electrons. The lowest BCUT2D eigenvalue weighted by Crippen LogP contribution is -2.04. The Morgan fingerprint density at radius 2 is 1.94 bits per heavy atom. The third kappa shape index (κ3) is 6.61. The van der Waals surface area contributed by atoms with Gasteiger partial charge in [-0.25, -0.2) is 0 Å². The number of carbonyl (C=O) groups excluding carboxylic acids is 1. The number of hydrogen-bond acceptors (Lipinski definition) is 3. The summed E-state index contributed by atoms with van der Waals surface area (Å²) in [6.07, 6.45) is 3.58. The fourth-order valence-electron chi connectivity index (χ4n) is 1.59. The van der Waals surface area contributed by atoms with E-state index in [9.17, 15) is 4.79 Å². The Morgan fingerprint density at radius 1 is 1.18 bits per heavy atom. The van der Waals surface area contributed by atoms with Gasteiger partial charge < -0.3 is 10.1 Å². The van der Waals surface area contributed by atoms with Gasteiger partial charge in [0, 0.05) is 18.7 Å². The summed E-state index contributed by atoms with van der Waals surface area (Å²) in [5.74, 6) is -0.0801. The molecule has 3 nitrogen and oxygen atoms in total. The number of anilines is 1. The van der Waals surface area contributed by atoms with Gasteiger partial charge in [-0.2, -0.15) is 0 Å². The number of hydrogen-bond donors (Lipinski definition) is 1. The molecule has 0 aliphatic rings. The van der Waals surface area contributed by atoms with E-state index in [2.05, 4.69) is 17.4 Å². The first kappa shape index (κ1) is 13.6. The molecule has 0 saturated carbocycles. The van der Waals surface area contributed by atoms with Crippen LogP contribution in [-0.4, -0.2) is 19.1 Å². The molecular weight excluding hydrogens is 214 g/mol. The Balaban J connectivity index is 1.96. The van der Waals surface area contributed by atoms with Crippen LogP contribution in [0.2, 0.25) is 0 Å². The molecule has 0 spiro atoms. The molecule has 0 fully saturated rings. The SMILES string of the molecule is CCOC(=O)CCCCCNc1ccccc1. The molecule has 0 bridgehead atoms. The second kappa shape index (κ2) is 8.62. The minimum atomic E-state index is -0.0801. The number of ether oxygens (including phenoxy) is 1. The van der Waals surface area contributed by atoms with Crippen LogP contribution >= 0.6 is 0 Å². The topological polar surface area (TPSA) is 38.3 Å². The summed E-state index contributed by atoms with van der Waals surface area (Å²) in [5.41, 5.74) is 1.15. The normalized spacial score (nSPS) is 9.94. The molecule has 0 aliphatic heterocycles. The minimum Gasteiger partial charge on any atom is -0.466 e. The zero-order valence-electron chi connectivity index (χ0n) is 10.4. The van der Waals surface area contributed by atoms with E-state index >= 15 is 0 Å². The summed E-state index contributed by atoms with van der Waals surface area (Å²) in [4.78, 5) is 11.1. The first-order valence-electron chi connectivity index (χ1n) is 6.27. The highest BCUT2D eigenvalue weighted by atomic mass is 16.5. The van der Waals surface area contributed by atoms with Crippen molar-refractivity contribution in [1.82, 2.24) is 0 Å². The zero-order chi connectivity index (χ0) is 12.3. The maximum Gasteiger partial charge on any atom is 0.305 e. The molecule has 0 aliphatic carbocycles. The standard InChI is InChI=1S/C14H21NO2/c1-2-17-14(16)11-7-4-8-12-15-13-9-5-3-6-10-13/h3,5-6,9-10,15H,2,4,7-8,11-12H2,1H3. The molecule has 0 saturated heterocycles. The van der Waals surface area contributed by atoms with Crippen LogP contribution in [0.15, 0.2) is 30.3 Å². The molecule has 1 rings (SSSR count). The quantitative estimate of drug-likeness (QED) is 0.555. The van der Waals surface area contributed by atoms with Gasteiger partial charge in [-0.3, -0.25) is 4.79 Å². The van der Waals surface area contributed by atoms with E-state index in [1.54, 1.807) is 0 Å². The number of carbonyl (C=O) groups is 1. The van der Waals surface area contributed by atoms with Gasteiger partial charge in [0.05, 0.1) is 6.61 Å². The lowest BCUT2D eigenvalue weighted by molar-refractivity contribution is -0.143. The largest absolute Gasteiger partial charge is 0.466 e. The third-order valence-corrected chi connectivity index (χ3v) is 2.47. The molecular formula is C14H21NO2. The van der Waals surface area contributed by atoms with E-state index < -0.39 is 0 Å². The van der Waals surface area contributed by atoms with E-state index in [1.165, 1.54) is 0 Å². The van der Waals surface area contributed by atoms with E-state index in [1.807, 2.05) is 25.1 Å². The Hall–Kier alpha value is -1.51. The summed E-state index contributed by atoms with van der Waals surface area (Å²) in [6.45, 7) is 3.27. The first-order valence-corrected chi connectivity index (χ1v) is 6.27. The van der Waals surface area contributed by atoms with Gasteiger partial charge in [0.15, 0.2) is 0 Å². The molecule has 94 valence electrons. The van der Waals surface area contributed by atoms with E-state index in [0.29, 0.717) is 13.0 Å². The van der Waals surface area contributed by atoms with Crippen molar-refractivity contribution in [3.63, 3.8) is 0 Å². The highest BCUT2D eigenvalue weighted by Crippen LogP contribution is 2.06. The molecule has 0 unspecified atom stereocenters. The molecule has 0 amide bonds. The lowest BCUT2D eigenvalue weighted by atomic mass is 10.2. The summed E-state index contributed by atoms with van der Waals surface area (Å²) in [5, 5.41) is 3.34. The lowest BCUT2D eigenvalue weighted by Gasteiger charge is -2.05. The number of unbranched alkanes of at least 4 members (excludes halogenated alkanes) is 2. The first-order chi connectivity index (χ1) is 8.33. The smallest absolute Gasteiger partial charge is 0.305 e. The highest BCUT2D eigenvalue weighted by Gasteiger charge is 2.00. The van der Waals surface area contributed by atoms with E-state index in [-0.39, 0.29) is 5.97 Å². The fourth-order valence-corrected chi connectivity index (χ4v) is 1.59. The molecule has 0 aromatic heterocycles. The summed E-state index contributed by atoms with van der Waals surface area (Å²) < 4.78 is 4.86. The highest BCUT2D eigenvalue weighted by molar-refractivity contribution is 5.69. The van der Waals surface area contributed by atoms with Crippen LogP contribution < -0.4 is 5.32 Å². The molecule has 1 aromatic rings. The van der Waals surface area contributed by atoms with Crippen LogP contribution in [-0.2, 0) is 9.53 Å². The zero-order valence-corrected chi connectivity index (χ0v) is 10.4. The molecule has 0 heterocycles. The number of para-hydroxylation sites is 1. The predicted octanol–water partition coefficient (Wildman–Crippen LogP) is 3.22. The van der Waals surface area contributed by atoms with Crippen molar-refractivity contribution in [1.29, 1.82) is 0 Å². The molecule has 1 aromatic carbocycles. The Morgan fingerprint density at radius 3 is 2.65 bits per heavy atom. The van der Waals surface area contributed by atoms with Gasteiger partial charge >= 0.3 is 5.97 Å². The van der Waals surface area contributed by atoms with Crippen molar-refractivity contribution < 1.29 is 9.53 Å². The van der Waals surface area contributed by atoms with Gasteiger partial charge in [0.25, 0.3) is 0 Å². The van der Waals surface area contributed by atoms with Crippen LogP contribution in [0.25, 0.3) is 0 Å². The van der Waals surface area contributed by atoms with Gasteiger partial charge in [-0.05, 0) is 31.9 Å². The number of benzene rings is 1. The molecule has 1 N–H and O–H groups in total. The van der Waals surface area contributed by atoms with Gasteiger partial charge in [0.1, 0.15) is 0 Å². The fraction of sp³-hybridized carbons (Fsp3) is 0.500. The molecule has 17 heavy (non-hydrogen) atoms. The van der Waals surface area contributed by atoms with Gasteiger partial charge in [-0.15, -0.1) is 0 Å². The molecule has 0 atom stereocenters. The van der Waals surface area contributed by atoms with Crippen molar-refractivity contribution in [2.24, 2.45) is 0 Å². The Labute approximate surface area is 103 Å². The third-order valence-electron chi connectivity index (χ3n) is 2.47. The maximum atomic E-state index is 11.1. The minimum absolute atomic E-state index is 0.0801. The van der Waals surface area contributed by atoms with Crippen molar-refractivity contribution in [3.8, 4) is 0 Å². The number of rotatable bonds is 8. The maximum absolute atomic E-state index is 11.1. The van der Waals surface area contributed by atoms with Crippen molar-refractivity contribution in [3.05, 3.63) is 30.3 Å². The average Bonchev–Trinajstić information content (AvgIpc) is 2.35. The summed E-state index contributed by atoms with van der Waals surface area (Å²) in [6, 6.07) is 10.1. The second-order valence-corrected chi connectivity index (χ2v) is 3.91. The van der Waals surface area contributed by atoms with Crippen LogP contribution in [0.1, 0.15) is 32.6 Å². The average molecular weight is 235 g/mol. The predicted molar refractivity (Wildman–Crippen MR) is 70.0 cm³/mol. The van der Waals surface area contributed by atoms with Crippen LogP contribution in [0.4, 0.5) is 5.69 Å². The van der Waals surface area contributed by atoms with Gasteiger partial charge in [-0.1, -0.05) is 24.6 Å². The van der Waals surface area contributed by atoms with Crippen molar-refractivity contribution in [2.45, 2.75) is 32.6 Å². The Kier molecular flexibility index (Phi) is 6.87.